The summed E-state index contributed by atoms with van der Waals surface area (Å²) < 4.78 is 3.77. The number of nitrogen functional groups attached to an aromatic ring is 1. The van der Waals surface area contributed by atoms with E-state index in [0.29, 0.717) is 35.6 Å². The highest BCUT2D eigenvalue weighted by atomic mass is 35.5. The number of hydrogen-bond donors (Lipinski definition) is 2. The van der Waals surface area contributed by atoms with Gasteiger partial charge in [0.15, 0.2) is 30.4 Å². The van der Waals surface area contributed by atoms with Crippen molar-refractivity contribution >= 4 is 22.9 Å². The van der Waals surface area contributed by atoms with Crippen LogP contribution in [-0.4, -0.2) is 30.9 Å². The molecule has 0 aliphatic heterocycles. The molecule has 0 spiro atoms. The van der Waals surface area contributed by atoms with Crippen LogP contribution in [0.2, 0.25) is 0 Å². The molecular weight excluding hydrogens is 322 g/mol. The van der Waals surface area contributed by atoms with Gasteiger partial charge in [-0.25, -0.2) is 19.5 Å². The molecule has 0 bridgehead atoms. The summed E-state index contributed by atoms with van der Waals surface area (Å²) in [4.78, 5) is 23.5. The summed E-state index contributed by atoms with van der Waals surface area (Å²) in [6.07, 6.45) is 6.67. The molecule has 3 rings (SSSR count). The highest BCUT2D eigenvalue weighted by Gasteiger charge is 2.10. The van der Waals surface area contributed by atoms with Gasteiger partial charge in [-0.2, -0.15) is 0 Å². The Hall–Kier alpha value is -2.78. The van der Waals surface area contributed by atoms with Gasteiger partial charge in [-0.3, -0.25) is 4.79 Å². The standard InChI is InChI=1S/C13H13N7O.ClH.H2O/c14-11-10-13(17-7-16-11)20(8-18-10)5-4-19-3-1-2-9(6-19)12(15)21;;/h1-3,6-8H,4-5H2,(H3-,14,15,16,17,21);1H;1H2. The van der Waals surface area contributed by atoms with E-state index in [-0.39, 0.29) is 17.9 Å². The maximum Gasteiger partial charge on any atom is 0.254 e. The van der Waals surface area contributed by atoms with Gasteiger partial charge in [0.1, 0.15) is 17.4 Å². The zero-order valence-electron chi connectivity index (χ0n) is 12.1. The van der Waals surface area contributed by atoms with Crippen LogP contribution in [0.25, 0.3) is 11.2 Å². The Morgan fingerprint density at radius 3 is 2.83 bits per heavy atom. The first-order chi connectivity index (χ1) is 10.1. The van der Waals surface area contributed by atoms with Gasteiger partial charge >= 0.3 is 0 Å². The number of rotatable bonds is 4. The number of primary amides is 1. The predicted octanol–water partition coefficient (Wildman–Crippen LogP) is -4.33. The normalized spacial score (nSPS) is 9.91. The lowest BCUT2D eigenvalue weighted by molar-refractivity contribution is -0.698. The molecule has 0 aliphatic carbocycles. The lowest BCUT2D eigenvalue weighted by Crippen LogP contribution is -3.00. The quantitative estimate of drug-likeness (QED) is 0.462. The van der Waals surface area contributed by atoms with Crippen molar-refractivity contribution in [2.45, 2.75) is 13.1 Å². The SMILES string of the molecule is NC(=O)c1ccc[n+](CCn2cnc3c(N)ncnc32)c1.O.[Cl-]. The smallest absolute Gasteiger partial charge is 0.254 e. The van der Waals surface area contributed by atoms with Crippen molar-refractivity contribution in [2.75, 3.05) is 5.73 Å². The monoisotopic (exact) mass is 337 g/mol. The van der Waals surface area contributed by atoms with Crippen molar-refractivity contribution < 1.29 is 27.2 Å². The molecule has 0 radical (unpaired) electrons. The Labute approximate surface area is 137 Å². The second-order valence-corrected chi connectivity index (χ2v) is 4.56. The van der Waals surface area contributed by atoms with Crippen molar-refractivity contribution in [3.63, 3.8) is 0 Å². The molecule has 0 fully saturated rings. The molecule has 122 valence electrons. The maximum atomic E-state index is 11.2. The molecule has 0 unspecified atom stereocenters. The molecule has 0 atom stereocenters. The molecule has 6 N–H and O–H groups in total. The third-order valence-electron chi connectivity index (χ3n) is 3.17. The number of fused-ring (bicyclic) bond motifs is 1. The summed E-state index contributed by atoms with van der Waals surface area (Å²) in [6, 6.07) is 3.46. The number of pyridine rings is 1. The van der Waals surface area contributed by atoms with Crippen LogP contribution in [0, 0.1) is 0 Å². The molecule has 3 aromatic rings. The van der Waals surface area contributed by atoms with Crippen molar-refractivity contribution in [1.82, 2.24) is 19.5 Å². The molecule has 0 aliphatic rings. The first-order valence-corrected chi connectivity index (χ1v) is 6.35. The van der Waals surface area contributed by atoms with E-state index in [2.05, 4.69) is 15.0 Å². The van der Waals surface area contributed by atoms with Crippen LogP contribution in [0.1, 0.15) is 10.4 Å². The molecule has 3 heterocycles. The summed E-state index contributed by atoms with van der Waals surface area (Å²) in [5, 5.41) is 0. The summed E-state index contributed by atoms with van der Waals surface area (Å²) >= 11 is 0. The summed E-state index contributed by atoms with van der Waals surface area (Å²) in [5.41, 5.74) is 12.8. The topological polar surface area (TPSA) is 148 Å². The van der Waals surface area contributed by atoms with E-state index in [9.17, 15) is 4.79 Å². The van der Waals surface area contributed by atoms with Gasteiger partial charge < -0.3 is 33.9 Å². The number of hydrogen-bond acceptors (Lipinski definition) is 5. The third kappa shape index (κ3) is 3.71. The minimum Gasteiger partial charge on any atom is -1.00 e. The van der Waals surface area contributed by atoms with E-state index in [1.807, 2.05) is 15.3 Å². The summed E-state index contributed by atoms with van der Waals surface area (Å²) in [6.45, 7) is 1.29. The van der Waals surface area contributed by atoms with Crippen LogP contribution < -0.4 is 28.4 Å². The van der Waals surface area contributed by atoms with Gasteiger partial charge in [0.2, 0.25) is 0 Å². The summed E-state index contributed by atoms with van der Waals surface area (Å²) in [7, 11) is 0. The van der Waals surface area contributed by atoms with Crippen LogP contribution in [0.3, 0.4) is 0 Å². The fourth-order valence-corrected chi connectivity index (χ4v) is 2.09. The molecule has 10 heteroatoms. The lowest BCUT2D eigenvalue weighted by Gasteiger charge is -2.02. The number of carbonyl (C=O) groups is 1. The van der Waals surface area contributed by atoms with Crippen LogP contribution in [0.4, 0.5) is 5.82 Å². The fraction of sp³-hybridized carbons (Fsp3) is 0.154. The number of amides is 1. The van der Waals surface area contributed by atoms with Crippen molar-refractivity contribution in [3.05, 3.63) is 42.7 Å². The lowest BCUT2D eigenvalue weighted by atomic mass is 10.3. The number of carbonyl (C=O) groups excluding carboxylic acids is 1. The van der Waals surface area contributed by atoms with Gasteiger partial charge in [0, 0.05) is 6.07 Å². The number of halogens is 1. The van der Waals surface area contributed by atoms with Crippen molar-refractivity contribution in [2.24, 2.45) is 5.73 Å². The van der Waals surface area contributed by atoms with Gasteiger partial charge in [0.25, 0.3) is 5.91 Å². The molecule has 1 amide bonds. The molecule has 0 saturated carbocycles. The van der Waals surface area contributed by atoms with Crippen molar-refractivity contribution in [1.29, 1.82) is 0 Å². The third-order valence-corrected chi connectivity index (χ3v) is 3.17. The first-order valence-electron chi connectivity index (χ1n) is 6.35. The average molecular weight is 338 g/mol. The van der Waals surface area contributed by atoms with Crippen LogP contribution >= 0.6 is 0 Å². The molecule has 3 aromatic heterocycles. The summed E-state index contributed by atoms with van der Waals surface area (Å²) in [5.74, 6) is -0.0833. The highest BCUT2D eigenvalue weighted by Crippen LogP contribution is 2.13. The van der Waals surface area contributed by atoms with Gasteiger partial charge in [-0.1, -0.05) is 0 Å². The van der Waals surface area contributed by atoms with Crippen LogP contribution in [0.15, 0.2) is 37.2 Å². The Morgan fingerprint density at radius 1 is 1.30 bits per heavy atom. The Bertz CT molecular complexity index is 821. The Kier molecular flexibility index (Phi) is 5.94. The van der Waals surface area contributed by atoms with Gasteiger partial charge in [-0.05, 0) is 6.07 Å². The number of aryl methyl sites for hydroxylation is 2. The van der Waals surface area contributed by atoms with E-state index in [4.69, 9.17) is 11.5 Å². The first kappa shape index (κ1) is 18.3. The maximum absolute atomic E-state index is 11.2. The number of nitrogens with two attached hydrogens (primary N) is 2. The van der Waals surface area contributed by atoms with E-state index in [1.165, 1.54) is 6.33 Å². The largest absolute Gasteiger partial charge is 1.00 e. The zero-order chi connectivity index (χ0) is 14.8. The van der Waals surface area contributed by atoms with E-state index >= 15 is 0 Å². The highest BCUT2D eigenvalue weighted by molar-refractivity contribution is 5.92. The second kappa shape index (κ2) is 7.47. The molecule has 0 aromatic carbocycles. The van der Waals surface area contributed by atoms with Gasteiger partial charge in [0.05, 0.1) is 12.9 Å². The van der Waals surface area contributed by atoms with E-state index in [0.717, 1.165) is 0 Å². The zero-order valence-corrected chi connectivity index (χ0v) is 12.8. The van der Waals surface area contributed by atoms with Crippen LogP contribution in [0.5, 0.6) is 0 Å². The molecule has 23 heavy (non-hydrogen) atoms. The minimum absolute atomic E-state index is 0. The number of nitrogens with zero attached hydrogens (tertiary/aromatic N) is 5. The number of imidazole rings is 1. The number of aromatic nitrogens is 5. The number of anilines is 1. The van der Waals surface area contributed by atoms with Gasteiger partial charge in [-0.15, -0.1) is 0 Å². The average Bonchev–Trinajstić information content (AvgIpc) is 2.90. The van der Waals surface area contributed by atoms with Crippen LogP contribution in [-0.2, 0) is 13.1 Å². The molecule has 9 nitrogen and oxygen atoms in total. The Morgan fingerprint density at radius 2 is 2.09 bits per heavy atom. The fourth-order valence-electron chi connectivity index (χ4n) is 2.09. The second-order valence-electron chi connectivity index (χ2n) is 4.56. The molecular formula is C13H16ClN7O2. The van der Waals surface area contributed by atoms with E-state index < -0.39 is 5.91 Å². The Balaban J connectivity index is 0.00000132. The van der Waals surface area contributed by atoms with Crippen molar-refractivity contribution in [3.8, 4) is 0 Å². The molecule has 0 saturated heterocycles. The predicted molar refractivity (Wildman–Crippen MR) is 78.5 cm³/mol. The van der Waals surface area contributed by atoms with E-state index in [1.54, 1.807) is 24.7 Å². The minimum atomic E-state index is -0.446.